The van der Waals surface area contributed by atoms with Crippen molar-refractivity contribution >= 4 is 5.71 Å². The molecule has 0 aliphatic carbocycles. The van der Waals surface area contributed by atoms with Crippen LogP contribution in [0.1, 0.15) is 18.4 Å². The molecule has 0 aromatic heterocycles. The summed E-state index contributed by atoms with van der Waals surface area (Å²) in [4.78, 5) is 5.13. The Kier molecular flexibility index (Phi) is 2.79. The Morgan fingerprint density at radius 3 is 2.71 bits per heavy atom. The first kappa shape index (κ1) is 9.21. The molecule has 0 fully saturated rings. The smallest absolute Gasteiger partial charge is 0.150 e. The van der Waals surface area contributed by atoms with Gasteiger partial charge in [0.15, 0.2) is 6.10 Å². The molecule has 1 heterocycles. The van der Waals surface area contributed by atoms with Gasteiger partial charge in [0.2, 0.25) is 0 Å². The van der Waals surface area contributed by atoms with Gasteiger partial charge in [-0.25, -0.2) is 0 Å². The number of benzene rings is 1. The molecule has 1 aromatic carbocycles. The van der Waals surface area contributed by atoms with E-state index in [1.54, 1.807) is 0 Å². The Labute approximate surface area is 83.0 Å². The molecule has 0 radical (unpaired) electrons. The third kappa shape index (κ3) is 1.93. The molecule has 0 amide bonds. The standard InChI is InChI=1S/C11H13NO2/c13-8-10-6-7-11(12-14-10)9-4-2-1-3-5-9/h1-5,10,13H,6-8H2. The Morgan fingerprint density at radius 2 is 2.14 bits per heavy atom. The zero-order chi connectivity index (χ0) is 9.80. The van der Waals surface area contributed by atoms with Crippen molar-refractivity contribution < 1.29 is 9.94 Å². The second-order valence-electron chi connectivity index (χ2n) is 3.35. The SMILES string of the molecule is OCC1CCC(c2ccccc2)=NO1. The van der Waals surface area contributed by atoms with E-state index in [0.29, 0.717) is 0 Å². The fourth-order valence-corrected chi connectivity index (χ4v) is 1.49. The molecular formula is C11H13NO2. The van der Waals surface area contributed by atoms with Crippen molar-refractivity contribution in [1.29, 1.82) is 0 Å². The molecule has 0 saturated carbocycles. The van der Waals surface area contributed by atoms with E-state index in [1.165, 1.54) is 0 Å². The quantitative estimate of drug-likeness (QED) is 0.770. The average molecular weight is 191 g/mol. The zero-order valence-electron chi connectivity index (χ0n) is 7.89. The van der Waals surface area contributed by atoms with Gasteiger partial charge in [-0.1, -0.05) is 35.5 Å². The fraction of sp³-hybridized carbons (Fsp3) is 0.364. The number of aliphatic hydroxyl groups is 1. The lowest BCUT2D eigenvalue weighted by atomic mass is 10.0. The monoisotopic (exact) mass is 191 g/mol. The maximum Gasteiger partial charge on any atom is 0.150 e. The van der Waals surface area contributed by atoms with Crippen molar-refractivity contribution in [1.82, 2.24) is 0 Å². The van der Waals surface area contributed by atoms with Crippen molar-refractivity contribution in [2.45, 2.75) is 18.9 Å². The van der Waals surface area contributed by atoms with Crippen LogP contribution in [0.25, 0.3) is 0 Å². The van der Waals surface area contributed by atoms with Crippen LogP contribution in [0.4, 0.5) is 0 Å². The molecule has 1 aliphatic rings. The van der Waals surface area contributed by atoms with Crippen LogP contribution >= 0.6 is 0 Å². The second kappa shape index (κ2) is 4.24. The highest BCUT2D eigenvalue weighted by Crippen LogP contribution is 2.15. The summed E-state index contributed by atoms with van der Waals surface area (Å²) in [6.07, 6.45) is 1.59. The third-order valence-corrected chi connectivity index (χ3v) is 2.33. The van der Waals surface area contributed by atoms with Gasteiger partial charge in [0, 0.05) is 0 Å². The van der Waals surface area contributed by atoms with Crippen LogP contribution in [0.3, 0.4) is 0 Å². The Balaban J connectivity index is 2.11. The average Bonchev–Trinajstić information content (AvgIpc) is 2.30. The maximum absolute atomic E-state index is 8.85. The van der Waals surface area contributed by atoms with Crippen molar-refractivity contribution in [3.8, 4) is 0 Å². The van der Waals surface area contributed by atoms with Crippen LogP contribution in [0, 0.1) is 0 Å². The predicted octanol–water partition coefficient (Wildman–Crippen LogP) is 1.56. The lowest BCUT2D eigenvalue weighted by Crippen LogP contribution is -2.22. The first-order valence-electron chi connectivity index (χ1n) is 4.79. The van der Waals surface area contributed by atoms with E-state index in [4.69, 9.17) is 9.94 Å². The molecule has 14 heavy (non-hydrogen) atoms. The van der Waals surface area contributed by atoms with Crippen molar-refractivity contribution in [2.75, 3.05) is 6.61 Å². The van der Waals surface area contributed by atoms with Crippen LogP contribution in [-0.4, -0.2) is 23.5 Å². The molecule has 3 heteroatoms. The zero-order valence-corrected chi connectivity index (χ0v) is 7.89. The molecule has 1 atom stereocenters. The van der Waals surface area contributed by atoms with E-state index < -0.39 is 0 Å². The summed E-state index contributed by atoms with van der Waals surface area (Å²) in [5, 5.41) is 12.9. The number of nitrogens with zero attached hydrogens (tertiary/aromatic N) is 1. The fourth-order valence-electron chi connectivity index (χ4n) is 1.49. The molecule has 1 N–H and O–H groups in total. The first-order chi connectivity index (χ1) is 6.90. The summed E-state index contributed by atoms with van der Waals surface area (Å²) >= 11 is 0. The molecular weight excluding hydrogens is 178 g/mol. The van der Waals surface area contributed by atoms with Crippen molar-refractivity contribution in [3.05, 3.63) is 35.9 Å². The summed E-state index contributed by atoms with van der Waals surface area (Å²) < 4.78 is 0. The van der Waals surface area contributed by atoms with Gasteiger partial charge in [0.25, 0.3) is 0 Å². The summed E-state index contributed by atoms with van der Waals surface area (Å²) in [6, 6.07) is 9.97. The molecule has 0 bridgehead atoms. The van der Waals surface area contributed by atoms with Gasteiger partial charge in [-0.15, -0.1) is 0 Å². The second-order valence-corrected chi connectivity index (χ2v) is 3.35. The normalized spacial score (nSPS) is 21.2. The van der Waals surface area contributed by atoms with Gasteiger partial charge < -0.3 is 9.94 Å². The van der Waals surface area contributed by atoms with Crippen molar-refractivity contribution in [3.63, 3.8) is 0 Å². The minimum Gasteiger partial charge on any atom is -0.392 e. The number of hydrogen-bond donors (Lipinski definition) is 1. The number of oxime groups is 1. The predicted molar refractivity (Wildman–Crippen MR) is 54.2 cm³/mol. The van der Waals surface area contributed by atoms with Crippen LogP contribution in [0.2, 0.25) is 0 Å². The van der Waals surface area contributed by atoms with Crippen LogP contribution in [0.5, 0.6) is 0 Å². The Bertz CT molecular complexity index is 321. The summed E-state index contributed by atoms with van der Waals surface area (Å²) in [7, 11) is 0. The van der Waals surface area contributed by atoms with E-state index in [0.717, 1.165) is 24.1 Å². The molecule has 1 aromatic rings. The lowest BCUT2D eigenvalue weighted by Gasteiger charge is -2.19. The number of hydrogen-bond acceptors (Lipinski definition) is 3. The van der Waals surface area contributed by atoms with E-state index in [2.05, 4.69) is 5.16 Å². The van der Waals surface area contributed by atoms with E-state index >= 15 is 0 Å². The van der Waals surface area contributed by atoms with E-state index in [9.17, 15) is 0 Å². The highest BCUT2D eigenvalue weighted by molar-refractivity contribution is 6.00. The molecule has 0 saturated heterocycles. The molecule has 3 nitrogen and oxygen atoms in total. The van der Waals surface area contributed by atoms with Gasteiger partial charge in [-0.3, -0.25) is 0 Å². The Hall–Kier alpha value is -1.35. The molecule has 1 aliphatic heterocycles. The summed E-state index contributed by atoms with van der Waals surface area (Å²) in [5.74, 6) is 0. The molecule has 2 rings (SSSR count). The minimum absolute atomic E-state index is 0.0472. The van der Waals surface area contributed by atoms with Crippen molar-refractivity contribution in [2.24, 2.45) is 5.16 Å². The molecule has 74 valence electrons. The van der Waals surface area contributed by atoms with Gasteiger partial charge >= 0.3 is 0 Å². The highest BCUT2D eigenvalue weighted by Gasteiger charge is 2.17. The topological polar surface area (TPSA) is 41.8 Å². The Morgan fingerprint density at radius 1 is 1.36 bits per heavy atom. The number of rotatable bonds is 2. The first-order valence-corrected chi connectivity index (χ1v) is 4.79. The van der Waals surface area contributed by atoms with Gasteiger partial charge in [-0.05, 0) is 18.4 Å². The summed E-state index contributed by atoms with van der Waals surface area (Å²) in [6.45, 7) is 0.0472. The maximum atomic E-state index is 8.85. The molecule has 0 spiro atoms. The van der Waals surface area contributed by atoms with Crippen LogP contribution in [-0.2, 0) is 4.84 Å². The number of aliphatic hydroxyl groups excluding tert-OH is 1. The van der Waals surface area contributed by atoms with Gasteiger partial charge in [0.05, 0.1) is 12.3 Å². The lowest BCUT2D eigenvalue weighted by molar-refractivity contribution is 0.00454. The highest BCUT2D eigenvalue weighted by atomic mass is 16.6. The van der Waals surface area contributed by atoms with Gasteiger partial charge in [-0.2, -0.15) is 0 Å². The van der Waals surface area contributed by atoms with Crippen LogP contribution < -0.4 is 0 Å². The minimum atomic E-state index is -0.123. The van der Waals surface area contributed by atoms with Crippen LogP contribution in [0.15, 0.2) is 35.5 Å². The summed E-state index contributed by atoms with van der Waals surface area (Å²) in [5.41, 5.74) is 2.07. The third-order valence-electron chi connectivity index (χ3n) is 2.33. The van der Waals surface area contributed by atoms with E-state index in [1.807, 2.05) is 30.3 Å². The van der Waals surface area contributed by atoms with Gasteiger partial charge in [0.1, 0.15) is 0 Å². The molecule has 1 unspecified atom stereocenters. The van der Waals surface area contributed by atoms with E-state index in [-0.39, 0.29) is 12.7 Å². The largest absolute Gasteiger partial charge is 0.392 e.